The van der Waals surface area contributed by atoms with Crippen LogP contribution in [-0.2, 0) is 9.84 Å². The Labute approximate surface area is 64.2 Å². The highest BCUT2D eigenvalue weighted by atomic mass is 19.1. The summed E-state index contributed by atoms with van der Waals surface area (Å²) in [5, 5.41) is 10.9. The van der Waals surface area contributed by atoms with E-state index >= 15 is 0 Å². The van der Waals surface area contributed by atoms with Crippen molar-refractivity contribution in [1.29, 1.82) is 0 Å². The van der Waals surface area contributed by atoms with Gasteiger partial charge < -0.3 is 4.74 Å². The van der Waals surface area contributed by atoms with Crippen LogP contribution < -0.4 is 0 Å². The Morgan fingerprint density at radius 1 is 1.55 bits per heavy atom. The molecular formula is C8H8FO2. The quantitative estimate of drug-likeness (QED) is 0.599. The van der Waals surface area contributed by atoms with Crippen molar-refractivity contribution in [3.05, 3.63) is 35.6 Å². The zero-order valence-corrected chi connectivity index (χ0v) is 6.08. The van der Waals surface area contributed by atoms with Crippen molar-refractivity contribution in [2.24, 2.45) is 0 Å². The molecule has 1 aromatic carbocycles. The highest BCUT2D eigenvalue weighted by Crippen LogP contribution is 2.14. The van der Waals surface area contributed by atoms with E-state index in [1.807, 2.05) is 0 Å². The van der Waals surface area contributed by atoms with Crippen molar-refractivity contribution in [2.75, 3.05) is 7.11 Å². The van der Waals surface area contributed by atoms with Crippen LogP contribution in [-0.4, -0.2) is 7.11 Å². The van der Waals surface area contributed by atoms with Gasteiger partial charge in [-0.25, -0.2) is 4.39 Å². The van der Waals surface area contributed by atoms with Gasteiger partial charge in [-0.3, -0.25) is 0 Å². The zero-order valence-electron chi connectivity index (χ0n) is 6.08. The van der Waals surface area contributed by atoms with E-state index < -0.39 is 12.1 Å². The number of hydrogen-bond acceptors (Lipinski definition) is 1. The highest BCUT2D eigenvalue weighted by molar-refractivity contribution is 5.16. The Morgan fingerprint density at radius 2 is 2.27 bits per heavy atom. The molecule has 0 saturated carbocycles. The van der Waals surface area contributed by atoms with Gasteiger partial charge in [0.05, 0.1) is 0 Å². The smallest absolute Gasteiger partial charge is 0.217 e. The molecule has 3 heteroatoms. The van der Waals surface area contributed by atoms with E-state index in [0.29, 0.717) is 5.56 Å². The predicted octanol–water partition coefficient (Wildman–Crippen LogP) is 1.90. The van der Waals surface area contributed by atoms with Gasteiger partial charge in [0.1, 0.15) is 5.82 Å². The van der Waals surface area contributed by atoms with Crippen LogP contribution in [0.2, 0.25) is 0 Å². The van der Waals surface area contributed by atoms with E-state index in [0.717, 1.165) is 0 Å². The van der Waals surface area contributed by atoms with Crippen LogP contribution in [0.5, 0.6) is 0 Å². The van der Waals surface area contributed by atoms with Crippen LogP contribution in [0.4, 0.5) is 4.39 Å². The number of halogens is 1. The fraction of sp³-hybridized carbons (Fsp3) is 0.250. The summed E-state index contributed by atoms with van der Waals surface area (Å²) in [6.45, 7) is 0. The Bertz CT molecular complexity index is 237. The summed E-state index contributed by atoms with van der Waals surface area (Å²) in [5.41, 5.74) is 0.313. The molecule has 1 aromatic rings. The Balaban J connectivity index is 2.86. The van der Waals surface area contributed by atoms with Gasteiger partial charge in [-0.2, -0.15) is 5.11 Å². The SMILES string of the molecule is COC([O])c1cccc(F)c1. The van der Waals surface area contributed by atoms with Crippen molar-refractivity contribution in [2.45, 2.75) is 6.29 Å². The lowest BCUT2D eigenvalue weighted by molar-refractivity contribution is -0.123. The Kier molecular flexibility index (Phi) is 2.57. The molecule has 11 heavy (non-hydrogen) atoms. The van der Waals surface area contributed by atoms with Crippen molar-refractivity contribution < 1.29 is 14.2 Å². The fourth-order valence-electron chi connectivity index (χ4n) is 0.789. The van der Waals surface area contributed by atoms with E-state index in [1.54, 1.807) is 0 Å². The zero-order chi connectivity index (χ0) is 8.27. The number of hydrogen-bond donors (Lipinski definition) is 0. The average molecular weight is 155 g/mol. The number of methoxy groups -OCH3 is 1. The molecule has 0 heterocycles. The van der Waals surface area contributed by atoms with Crippen LogP contribution in [0.25, 0.3) is 0 Å². The van der Waals surface area contributed by atoms with E-state index in [1.165, 1.54) is 31.4 Å². The molecule has 0 aliphatic rings. The molecule has 0 bridgehead atoms. The molecule has 0 spiro atoms. The van der Waals surface area contributed by atoms with Crippen LogP contribution in [0.1, 0.15) is 11.9 Å². The maximum absolute atomic E-state index is 12.5. The van der Waals surface area contributed by atoms with Gasteiger partial charge in [-0.15, -0.1) is 0 Å². The Hall–Kier alpha value is -0.930. The molecule has 0 aromatic heterocycles. The van der Waals surface area contributed by atoms with Gasteiger partial charge in [0.2, 0.25) is 6.29 Å². The number of rotatable bonds is 2. The first kappa shape index (κ1) is 8.17. The maximum atomic E-state index is 12.5. The van der Waals surface area contributed by atoms with E-state index in [-0.39, 0.29) is 0 Å². The molecule has 2 nitrogen and oxygen atoms in total. The summed E-state index contributed by atoms with van der Waals surface area (Å²) in [4.78, 5) is 0. The molecule has 1 atom stereocenters. The minimum atomic E-state index is -1.29. The molecular weight excluding hydrogens is 147 g/mol. The van der Waals surface area contributed by atoms with Gasteiger partial charge >= 0.3 is 0 Å². The van der Waals surface area contributed by atoms with Gasteiger partial charge in [0.15, 0.2) is 0 Å². The van der Waals surface area contributed by atoms with E-state index in [4.69, 9.17) is 0 Å². The number of ether oxygens (including phenoxy) is 1. The Morgan fingerprint density at radius 3 is 2.82 bits per heavy atom. The standard InChI is InChI=1S/C8H8FO2/c1-11-8(10)6-3-2-4-7(9)5-6/h2-5,8H,1H3. The van der Waals surface area contributed by atoms with Gasteiger partial charge in [0.25, 0.3) is 0 Å². The molecule has 59 valence electrons. The second kappa shape index (κ2) is 3.46. The molecule has 1 rings (SSSR count). The van der Waals surface area contributed by atoms with Crippen molar-refractivity contribution in [3.63, 3.8) is 0 Å². The molecule has 0 N–H and O–H groups in total. The third kappa shape index (κ3) is 2.00. The molecule has 0 aliphatic heterocycles. The van der Waals surface area contributed by atoms with Crippen molar-refractivity contribution in [3.8, 4) is 0 Å². The molecule has 0 amide bonds. The summed E-state index contributed by atoms with van der Waals surface area (Å²) in [6.07, 6.45) is -1.29. The summed E-state index contributed by atoms with van der Waals surface area (Å²) in [6, 6.07) is 5.46. The lowest BCUT2D eigenvalue weighted by Gasteiger charge is -2.04. The lowest BCUT2D eigenvalue weighted by atomic mass is 10.2. The summed E-state index contributed by atoms with van der Waals surface area (Å²) >= 11 is 0. The first-order valence-corrected chi connectivity index (χ1v) is 3.18. The third-order valence-corrected chi connectivity index (χ3v) is 1.33. The van der Waals surface area contributed by atoms with Gasteiger partial charge in [-0.1, -0.05) is 12.1 Å². The highest BCUT2D eigenvalue weighted by Gasteiger charge is 2.06. The minimum Gasteiger partial charge on any atom is -0.349 e. The largest absolute Gasteiger partial charge is 0.349 e. The second-order valence-corrected chi connectivity index (χ2v) is 2.12. The van der Waals surface area contributed by atoms with Crippen LogP contribution in [0.15, 0.2) is 24.3 Å². The van der Waals surface area contributed by atoms with Crippen molar-refractivity contribution in [1.82, 2.24) is 0 Å². The predicted molar refractivity (Wildman–Crippen MR) is 36.8 cm³/mol. The second-order valence-electron chi connectivity index (χ2n) is 2.12. The third-order valence-electron chi connectivity index (χ3n) is 1.33. The van der Waals surface area contributed by atoms with Crippen LogP contribution >= 0.6 is 0 Å². The monoisotopic (exact) mass is 155 g/mol. The van der Waals surface area contributed by atoms with E-state index in [9.17, 15) is 9.50 Å². The van der Waals surface area contributed by atoms with Crippen LogP contribution in [0.3, 0.4) is 0 Å². The summed E-state index contributed by atoms with van der Waals surface area (Å²) in [7, 11) is 1.29. The summed E-state index contributed by atoms with van der Waals surface area (Å²) in [5.74, 6) is -0.416. The molecule has 0 fully saturated rings. The first-order valence-electron chi connectivity index (χ1n) is 3.18. The maximum Gasteiger partial charge on any atom is 0.217 e. The van der Waals surface area contributed by atoms with Crippen molar-refractivity contribution >= 4 is 0 Å². The van der Waals surface area contributed by atoms with Gasteiger partial charge in [-0.05, 0) is 12.1 Å². The van der Waals surface area contributed by atoms with E-state index in [2.05, 4.69) is 4.74 Å². The average Bonchev–Trinajstić information content (AvgIpc) is 2.03. The molecule has 1 unspecified atom stereocenters. The minimum absolute atomic E-state index is 0.313. The normalized spacial score (nSPS) is 13.0. The molecule has 1 radical (unpaired) electrons. The molecule has 0 aliphatic carbocycles. The topological polar surface area (TPSA) is 29.1 Å². The van der Waals surface area contributed by atoms with Crippen LogP contribution in [0, 0.1) is 5.82 Å². The first-order chi connectivity index (χ1) is 5.24. The lowest BCUT2D eigenvalue weighted by Crippen LogP contribution is -1.97. The number of benzene rings is 1. The fourth-order valence-corrected chi connectivity index (χ4v) is 0.789. The summed E-state index contributed by atoms with van der Waals surface area (Å²) < 4.78 is 16.9. The van der Waals surface area contributed by atoms with Gasteiger partial charge in [0, 0.05) is 12.7 Å². The molecule has 0 saturated heterocycles.